The second kappa shape index (κ2) is 5.18. The van der Waals surface area contributed by atoms with Crippen molar-refractivity contribution in [2.75, 3.05) is 0 Å². The molecule has 0 bridgehead atoms. The van der Waals surface area contributed by atoms with Crippen molar-refractivity contribution in [3.63, 3.8) is 0 Å². The Kier molecular flexibility index (Phi) is 3.66. The van der Waals surface area contributed by atoms with Crippen molar-refractivity contribution in [2.45, 2.75) is 23.9 Å². The lowest BCUT2D eigenvalue weighted by atomic mass is 10.1. The molecule has 0 saturated heterocycles. The Labute approximate surface area is 130 Å². The minimum Gasteiger partial charge on any atom is -0.452 e. The normalized spacial score (nSPS) is 15.5. The van der Waals surface area contributed by atoms with Crippen LogP contribution in [0.25, 0.3) is 0 Å². The fraction of sp³-hybridized carbons (Fsp3) is 0.231. The Balaban J connectivity index is 1.96. The van der Waals surface area contributed by atoms with Gasteiger partial charge in [0.15, 0.2) is 4.67 Å². The van der Waals surface area contributed by atoms with Gasteiger partial charge >= 0.3 is 0 Å². The summed E-state index contributed by atoms with van der Waals surface area (Å²) in [6.45, 7) is 0.763. The molecule has 0 N–H and O–H groups in total. The number of halogens is 2. The summed E-state index contributed by atoms with van der Waals surface area (Å²) < 4.78 is 32.2. The summed E-state index contributed by atoms with van der Waals surface area (Å²) in [6.07, 6.45) is 0. The van der Waals surface area contributed by atoms with Gasteiger partial charge in [-0.25, -0.2) is 8.42 Å². The summed E-state index contributed by atoms with van der Waals surface area (Å²) >= 11 is 8.82. The van der Waals surface area contributed by atoms with E-state index in [2.05, 4.69) is 15.9 Å². The minimum absolute atomic E-state index is 0.126. The number of nitrogens with zero attached hydrogens (tertiary/aromatic N) is 1. The maximum Gasteiger partial charge on any atom is 0.248 e. The third kappa shape index (κ3) is 2.30. The number of fused-ring (bicyclic) bond motifs is 1. The Bertz CT molecular complexity index is 732. The first-order chi connectivity index (χ1) is 9.52. The number of rotatable bonds is 3. The van der Waals surface area contributed by atoms with Gasteiger partial charge in [-0.1, -0.05) is 24.3 Å². The van der Waals surface area contributed by atoms with Crippen LogP contribution < -0.4 is 0 Å². The molecule has 1 aromatic heterocycles. The lowest BCUT2D eigenvalue weighted by molar-refractivity contribution is 0.428. The molecule has 0 fully saturated rings. The fourth-order valence-electron chi connectivity index (χ4n) is 2.25. The molecule has 2 heterocycles. The van der Waals surface area contributed by atoms with E-state index in [0.29, 0.717) is 18.8 Å². The molecule has 106 valence electrons. The molecule has 1 aliphatic heterocycles. The van der Waals surface area contributed by atoms with Gasteiger partial charge in [0.05, 0.1) is 5.88 Å². The largest absolute Gasteiger partial charge is 0.452 e. The number of hydrogen-bond donors (Lipinski definition) is 0. The predicted octanol–water partition coefficient (Wildman–Crippen LogP) is 3.49. The Morgan fingerprint density at radius 1 is 1.25 bits per heavy atom. The molecule has 0 radical (unpaired) electrons. The minimum atomic E-state index is -3.59. The van der Waals surface area contributed by atoms with Crippen molar-refractivity contribution in [1.29, 1.82) is 0 Å². The highest BCUT2D eigenvalue weighted by Gasteiger charge is 2.33. The maximum absolute atomic E-state index is 12.6. The van der Waals surface area contributed by atoms with Crippen LogP contribution in [0.4, 0.5) is 0 Å². The smallest absolute Gasteiger partial charge is 0.248 e. The number of furan rings is 1. The van der Waals surface area contributed by atoms with Gasteiger partial charge in [-0.15, -0.1) is 11.6 Å². The number of alkyl halides is 1. The van der Waals surface area contributed by atoms with Crippen LogP contribution in [0.5, 0.6) is 0 Å². The van der Waals surface area contributed by atoms with Crippen molar-refractivity contribution in [3.8, 4) is 0 Å². The molecule has 1 aromatic carbocycles. The van der Waals surface area contributed by atoms with Gasteiger partial charge in [0, 0.05) is 19.2 Å². The number of hydrogen-bond acceptors (Lipinski definition) is 3. The van der Waals surface area contributed by atoms with Gasteiger partial charge in [0.25, 0.3) is 0 Å². The van der Waals surface area contributed by atoms with Gasteiger partial charge in [0.1, 0.15) is 10.7 Å². The lowest BCUT2D eigenvalue weighted by Gasteiger charge is -2.14. The zero-order valence-electron chi connectivity index (χ0n) is 10.3. The predicted molar refractivity (Wildman–Crippen MR) is 78.8 cm³/mol. The zero-order chi connectivity index (χ0) is 14.3. The highest BCUT2D eigenvalue weighted by atomic mass is 79.9. The van der Waals surface area contributed by atoms with E-state index in [1.807, 2.05) is 24.3 Å². The molecular formula is C13H11BrClNO3S. The van der Waals surface area contributed by atoms with Crippen LogP contribution in [0.2, 0.25) is 0 Å². The maximum atomic E-state index is 12.6. The quantitative estimate of drug-likeness (QED) is 0.771. The van der Waals surface area contributed by atoms with Gasteiger partial charge < -0.3 is 4.42 Å². The van der Waals surface area contributed by atoms with E-state index in [1.165, 1.54) is 10.4 Å². The summed E-state index contributed by atoms with van der Waals surface area (Å²) in [5.41, 5.74) is 2.07. The average molecular weight is 377 g/mol. The third-order valence-electron chi connectivity index (χ3n) is 3.27. The van der Waals surface area contributed by atoms with Crippen LogP contribution in [0.15, 0.2) is 44.3 Å². The van der Waals surface area contributed by atoms with Gasteiger partial charge in [0.2, 0.25) is 10.0 Å². The van der Waals surface area contributed by atoms with Crippen LogP contribution in [0.3, 0.4) is 0 Å². The molecule has 7 heteroatoms. The standard InChI is InChI=1S/C13H11BrClNO3S/c14-13-12(5-11(6-15)19-13)20(17,18)16-7-9-3-1-2-4-10(9)8-16/h1-5H,6-8H2. The van der Waals surface area contributed by atoms with Crippen molar-refractivity contribution in [2.24, 2.45) is 0 Å². The highest BCUT2D eigenvalue weighted by Crippen LogP contribution is 2.33. The van der Waals surface area contributed by atoms with Crippen LogP contribution in [0, 0.1) is 0 Å². The second-order valence-electron chi connectivity index (χ2n) is 4.53. The first kappa shape index (κ1) is 14.1. The summed E-state index contributed by atoms with van der Waals surface area (Å²) in [5.74, 6) is 0.558. The molecule has 0 aliphatic carbocycles. The van der Waals surface area contributed by atoms with Crippen molar-refractivity contribution in [3.05, 3.63) is 51.9 Å². The Morgan fingerprint density at radius 2 is 1.85 bits per heavy atom. The molecule has 0 atom stereocenters. The molecule has 0 unspecified atom stereocenters. The van der Waals surface area contributed by atoms with Crippen molar-refractivity contribution in [1.82, 2.24) is 4.31 Å². The second-order valence-corrected chi connectivity index (χ2v) is 7.42. The van der Waals surface area contributed by atoms with Crippen LogP contribution >= 0.6 is 27.5 Å². The summed E-state index contributed by atoms with van der Waals surface area (Å²) in [5, 5.41) is 0. The molecule has 0 amide bonds. The average Bonchev–Trinajstić information content (AvgIpc) is 3.02. The third-order valence-corrected chi connectivity index (χ3v) is 6.18. The highest BCUT2D eigenvalue weighted by molar-refractivity contribution is 9.10. The fourth-order valence-corrected chi connectivity index (χ4v) is 4.74. The van der Waals surface area contributed by atoms with Crippen LogP contribution in [-0.4, -0.2) is 12.7 Å². The molecule has 2 aromatic rings. The van der Waals surface area contributed by atoms with E-state index < -0.39 is 10.0 Å². The van der Waals surface area contributed by atoms with Gasteiger partial charge in [-0.05, 0) is 27.1 Å². The molecule has 3 rings (SSSR count). The monoisotopic (exact) mass is 375 g/mol. The van der Waals surface area contributed by atoms with Crippen LogP contribution in [0.1, 0.15) is 16.9 Å². The first-order valence-electron chi connectivity index (χ1n) is 5.93. The van der Waals surface area contributed by atoms with E-state index in [-0.39, 0.29) is 15.4 Å². The van der Waals surface area contributed by atoms with E-state index in [4.69, 9.17) is 16.0 Å². The summed E-state index contributed by atoms with van der Waals surface area (Å²) in [6, 6.07) is 9.18. The van der Waals surface area contributed by atoms with E-state index in [9.17, 15) is 8.42 Å². The SMILES string of the molecule is O=S(=O)(c1cc(CCl)oc1Br)N1Cc2ccccc2C1. The molecular weight excluding hydrogens is 366 g/mol. The Hall–Kier alpha value is -0.820. The molecule has 20 heavy (non-hydrogen) atoms. The topological polar surface area (TPSA) is 50.5 Å². The Morgan fingerprint density at radius 3 is 2.35 bits per heavy atom. The first-order valence-corrected chi connectivity index (χ1v) is 8.70. The van der Waals surface area contributed by atoms with Gasteiger partial charge in [-0.3, -0.25) is 0 Å². The zero-order valence-corrected chi connectivity index (χ0v) is 13.5. The van der Waals surface area contributed by atoms with Crippen LogP contribution in [-0.2, 0) is 29.0 Å². The van der Waals surface area contributed by atoms with Crippen molar-refractivity contribution >= 4 is 37.6 Å². The number of sulfonamides is 1. The lowest BCUT2D eigenvalue weighted by Crippen LogP contribution is -2.25. The van der Waals surface area contributed by atoms with Gasteiger partial charge in [-0.2, -0.15) is 4.31 Å². The van der Waals surface area contributed by atoms with Crippen molar-refractivity contribution < 1.29 is 12.8 Å². The van der Waals surface area contributed by atoms with E-state index >= 15 is 0 Å². The summed E-state index contributed by atoms with van der Waals surface area (Å²) in [7, 11) is -3.59. The molecule has 0 spiro atoms. The molecule has 4 nitrogen and oxygen atoms in total. The van der Waals surface area contributed by atoms with E-state index in [1.54, 1.807) is 0 Å². The molecule has 1 aliphatic rings. The number of benzene rings is 1. The summed E-state index contributed by atoms with van der Waals surface area (Å²) in [4.78, 5) is 0.126. The van der Waals surface area contributed by atoms with E-state index in [0.717, 1.165) is 11.1 Å². The molecule has 0 saturated carbocycles.